The van der Waals surface area contributed by atoms with Crippen LogP contribution in [-0.2, 0) is 16.0 Å². The van der Waals surface area contributed by atoms with Crippen molar-refractivity contribution in [2.45, 2.75) is 44.6 Å². The van der Waals surface area contributed by atoms with Crippen LogP contribution in [-0.4, -0.2) is 18.5 Å². The summed E-state index contributed by atoms with van der Waals surface area (Å²) in [5, 5.41) is 9.20. The fourth-order valence-corrected chi connectivity index (χ4v) is 2.61. The van der Waals surface area contributed by atoms with Crippen molar-refractivity contribution in [2.24, 2.45) is 5.92 Å². The molecule has 1 fully saturated rings. The topological polar surface area (TPSA) is 50.1 Å². The van der Waals surface area contributed by atoms with Crippen molar-refractivity contribution < 1.29 is 9.53 Å². The summed E-state index contributed by atoms with van der Waals surface area (Å²) in [6.07, 6.45) is 4.89. The maximum absolute atomic E-state index is 12.2. The molecule has 1 aromatic rings. The van der Waals surface area contributed by atoms with Gasteiger partial charge in [-0.05, 0) is 44.1 Å². The summed E-state index contributed by atoms with van der Waals surface area (Å²) in [5.74, 6) is -0.526. The molecule has 3 nitrogen and oxygen atoms in total. The van der Waals surface area contributed by atoms with Gasteiger partial charge in [0.15, 0.2) is 5.78 Å². The van der Waals surface area contributed by atoms with Crippen LogP contribution < -0.4 is 0 Å². The number of nitrogens with zero attached hydrogens (tertiary/aromatic N) is 1. The molecule has 2 rings (SSSR count). The van der Waals surface area contributed by atoms with Gasteiger partial charge in [-0.2, -0.15) is 5.26 Å². The normalized spacial score (nSPS) is 20.1. The molecule has 0 spiro atoms. The molecule has 3 heteroatoms. The summed E-state index contributed by atoms with van der Waals surface area (Å²) in [6.45, 7) is 0.651. The second kappa shape index (κ2) is 7.81. The SMILES string of the molecule is N#CC(CCCc1ccccc1)C(=O)C1CCCCO1. The zero-order valence-corrected chi connectivity index (χ0v) is 11.8. The molecule has 0 aliphatic carbocycles. The van der Waals surface area contributed by atoms with Gasteiger partial charge in [0.2, 0.25) is 0 Å². The minimum atomic E-state index is -0.512. The number of carbonyl (C=O) groups excluding carboxylic acids is 1. The van der Waals surface area contributed by atoms with E-state index in [1.807, 2.05) is 18.2 Å². The molecule has 20 heavy (non-hydrogen) atoms. The van der Waals surface area contributed by atoms with E-state index in [0.717, 1.165) is 32.1 Å². The molecule has 0 N–H and O–H groups in total. The van der Waals surface area contributed by atoms with Gasteiger partial charge in [0, 0.05) is 6.61 Å². The second-order valence-electron chi connectivity index (χ2n) is 5.32. The number of aryl methyl sites for hydroxylation is 1. The lowest BCUT2D eigenvalue weighted by Gasteiger charge is -2.23. The van der Waals surface area contributed by atoms with Crippen molar-refractivity contribution in [2.75, 3.05) is 6.61 Å². The molecule has 1 saturated heterocycles. The van der Waals surface area contributed by atoms with E-state index < -0.39 is 5.92 Å². The van der Waals surface area contributed by atoms with Gasteiger partial charge >= 0.3 is 0 Å². The molecule has 2 atom stereocenters. The summed E-state index contributed by atoms with van der Waals surface area (Å²) in [7, 11) is 0. The van der Waals surface area contributed by atoms with E-state index in [4.69, 9.17) is 4.74 Å². The summed E-state index contributed by atoms with van der Waals surface area (Å²) >= 11 is 0. The standard InChI is InChI=1S/C17H21NO2/c18-13-15(17(19)16-11-4-5-12-20-16)10-6-9-14-7-2-1-3-8-14/h1-3,7-8,15-16H,4-6,9-12H2. The Balaban J connectivity index is 1.80. The number of ether oxygens (including phenoxy) is 1. The zero-order valence-electron chi connectivity index (χ0n) is 11.8. The van der Waals surface area contributed by atoms with E-state index in [-0.39, 0.29) is 11.9 Å². The van der Waals surface area contributed by atoms with E-state index >= 15 is 0 Å². The number of Topliss-reactive ketones (excluding diaryl/α,β-unsaturated/α-hetero) is 1. The molecule has 0 amide bonds. The molecule has 1 heterocycles. The largest absolute Gasteiger partial charge is 0.370 e. The average Bonchev–Trinajstić information content (AvgIpc) is 2.53. The highest BCUT2D eigenvalue weighted by atomic mass is 16.5. The molecular formula is C17H21NO2. The van der Waals surface area contributed by atoms with Gasteiger partial charge in [-0.3, -0.25) is 4.79 Å². The maximum atomic E-state index is 12.2. The highest BCUT2D eigenvalue weighted by Crippen LogP contribution is 2.20. The Hall–Kier alpha value is -1.66. The van der Waals surface area contributed by atoms with Crippen LogP contribution in [0.1, 0.15) is 37.7 Å². The summed E-state index contributed by atoms with van der Waals surface area (Å²) in [5.41, 5.74) is 1.26. The Bertz CT molecular complexity index is 458. The Labute approximate surface area is 120 Å². The van der Waals surface area contributed by atoms with Gasteiger partial charge in [0.05, 0.1) is 6.07 Å². The second-order valence-corrected chi connectivity index (χ2v) is 5.32. The van der Waals surface area contributed by atoms with E-state index in [1.165, 1.54) is 5.56 Å². The van der Waals surface area contributed by atoms with Crippen molar-refractivity contribution in [3.05, 3.63) is 35.9 Å². The first kappa shape index (κ1) is 14.7. The number of ketones is 1. The van der Waals surface area contributed by atoms with Crippen LogP contribution >= 0.6 is 0 Å². The Morgan fingerprint density at radius 2 is 2.15 bits per heavy atom. The number of benzene rings is 1. The lowest BCUT2D eigenvalue weighted by atomic mass is 9.91. The predicted molar refractivity (Wildman–Crippen MR) is 77.1 cm³/mol. The molecule has 1 aliphatic rings. The predicted octanol–water partition coefficient (Wildman–Crippen LogP) is 3.29. The number of carbonyl (C=O) groups is 1. The minimum absolute atomic E-state index is 0.0136. The third kappa shape index (κ3) is 4.18. The van der Waals surface area contributed by atoms with Gasteiger partial charge in [-0.15, -0.1) is 0 Å². The fraction of sp³-hybridized carbons (Fsp3) is 0.529. The van der Waals surface area contributed by atoms with Gasteiger partial charge in [0.25, 0.3) is 0 Å². The average molecular weight is 271 g/mol. The van der Waals surface area contributed by atoms with Gasteiger partial charge in [-0.25, -0.2) is 0 Å². The third-order valence-corrected chi connectivity index (χ3v) is 3.80. The van der Waals surface area contributed by atoms with E-state index in [9.17, 15) is 10.1 Å². The van der Waals surface area contributed by atoms with Crippen LogP contribution in [0.4, 0.5) is 0 Å². The van der Waals surface area contributed by atoms with Crippen LogP contribution in [0.5, 0.6) is 0 Å². The summed E-state index contributed by atoms with van der Waals surface area (Å²) < 4.78 is 5.49. The highest BCUT2D eigenvalue weighted by molar-refractivity contribution is 5.87. The first-order chi connectivity index (χ1) is 9.81. The smallest absolute Gasteiger partial charge is 0.178 e. The lowest BCUT2D eigenvalue weighted by Crippen LogP contribution is -2.33. The lowest BCUT2D eigenvalue weighted by molar-refractivity contribution is -0.135. The summed E-state index contributed by atoms with van der Waals surface area (Å²) in [6, 6.07) is 12.3. The quantitative estimate of drug-likeness (QED) is 0.797. The van der Waals surface area contributed by atoms with Crippen molar-refractivity contribution >= 4 is 5.78 Å². The first-order valence-corrected chi connectivity index (χ1v) is 7.40. The molecule has 0 radical (unpaired) electrons. The Morgan fingerprint density at radius 3 is 2.80 bits per heavy atom. The first-order valence-electron chi connectivity index (χ1n) is 7.40. The monoisotopic (exact) mass is 271 g/mol. The molecule has 106 valence electrons. The van der Waals surface area contributed by atoms with E-state index in [2.05, 4.69) is 18.2 Å². The molecule has 1 aromatic carbocycles. The van der Waals surface area contributed by atoms with Gasteiger partial charge < -0.3 is 4.74 Å². The molecule has 2 unspecified atom stereocenters. The third-order valence-electron chi connectivity index (χ3n) is 3.80. The summed E-state index contributed by atoms with van der Waals surface area (Å²) in [4.78, 5) is 12.2. The van der Waals surface area contributed by atoms with Crippen molar-refractivity contribution in [1.29, 1.82) is 5.26 Å². The number of nitriles is 1. The number of hydrogen-bond donors (Lipinski definition) is 0. The van der Waals surface area contributed by atoms with Crippen molar-refractivity contribution in [3.63, 3.8) is 0 Å². The minimum Gasteiger partial charge on any atom is -0.370 e. The van der Waals surface area contributed by atoms with Gasteiger partial charge in [-0.1, -0.05) is 30.3 Å². The molecular weight excluding hydrogens is 250 g/mol. The van der Waals surface area contributed by atoms with Crippen LogP contribution in [0.3, 0.4) is 0 Å². The number of hydrogen-bond acceptors (Lipinski definition) is 3. The van der Waals surface area contributed by atoms with Crippen molar-refractivity contribution in [3.8, 4) is 6.07 Å². The van der Waals surface area contributed by atoms with Crippen LogP contribution in [0.15, 0.2) is 30.3 Å². The Kier molecular flexibility index (Phi) is 5.76. The van der Waals surface area contributed by atoms with Gasteiger partial charge in [0.1, 0.15) is 12.0 Å². The maximum Gasteiger partial charge on any atom is 0.178 e. The zero-order chi connectivity index (χ0) is 14.2. The van der Waals surface area contributed by atoms with Crippen LogP contribution in [0.25, 0.3) is 0 Å². The molecule has 0 aromatic heterocycles. The van der Waals surface area contributed by atoms with Crippen LogP contribution in [0.2, 0.25) is 0 Å². The molecule has 1 aliphatic heterocycles. The highest BCUT2D eigenvalue weighted by Gasteiger charge is 2.28. The number of rotatable bonds is 6. The van der Waals surface area contributed by atoms with E-state index in [1.54, 1.807) is 0 Å². The van der Waals surface area contributed by atoms with Crippen molar-refractivity contribution in [1.82, 2.24) is 0 Å². The Morgan fingerprint density at radius 1 is 1.35 bits per heavy atom. The van der Waals surface area contributed by atoms with E-state index in [0.29, 0.717) is 13.0 Å². The fourth-order valence-electron chi connectivity index (χ4n) is 2.61. The molecule has 0 saturated carbocycles. The molecule has 0 bridgehead atoms. The van der Waals surface area contributed by atoms with Crippen LogP contribution in [0, 0.1) is 17.2 Å².